The Morgan fingerprint density at radius 3 is 2.38 bits per heavy atom. The highest BCUT2D eigenvalue weighted by Gasteiger charge is 2.06. The van der Waals surface area contributed by atoms with Gasteiger partial charge in [0.1, 0.15) is 5.75 Å². The Kier molecular flexibility index (Phi) is 4.75. The molecule has 0 atom stereocenters. The van der Waals surface area contributed by atoms with E-state index in [0.717, 1.165) is 20.9 Å². The van der Waals surface area contributed by atoms with E-state index in [1.54, 1.807) is 23.9 Å². The molecule has 0 aromatic heterocycles. The van der Waals surface area contributed by atoms with Crippen molar-refractivity contribution < 1.29 is 9.53 Å². The number of carbonyl (C=O) groups is 1. The van der Waals surface area contributed by atoms with E-state index in [1.807, 2.05) is 38.1 Å². The van der Waals surface area contributed by atoms with E-state index in [1.165, 1.54) is 6.92 Å². The fourth-order valence-corrected chi connectivity index (χ4v) is 2.86. The Bertz CT molecular complexity index is 681. The largest absolute Gasteiger partial charge is 0.427 e. The van der Waals surface area contributed by atoms with E-state index >= 15 is 0 Å². The summed E-state index contributed by atoms with van der Waals surface area (Å²) in [4.78, 5) is 13.1. The molecule has 2 aromatic carbocycles. The van der Waals surface area contributed by atoms with Gasteiger partial charge in [0, 0.05) is 16.7 Å². The van der Waals surface area contributed by atoms with Crippen molar-refractivity contribution in [2.24, 2.45) is 5.11 Å². The second-order valence-electron chi connectivity index (χ2n) is 4.68. The Balaban J connectivity index is 2.20. The first-order chi connectivity index (χ1) is 9.99. The average Bonchev–Trinajstić information content (AvgIpc) is 2.44. The molecule has 0 aliphatic carbocycles. The fraction of sp³-hybridized carbons (Fsp3) is 0.188. The van der Waals surface area contributed by atoms with Crippen molar-refractivity contribution in [3.63, 3.8) is 0 Å². The Morgan fingerprint density at radius 2 is 1.81 bits per heavy atom. The van der Waals surface area contributed by atoms with Gasteiger partial charge >= 0.3 is 5.97 Å². The Morgan fingerprint density at radius 1 is 1.14 bits per heavy atom. The molecule has 0 fully saturated rings. The molecule has 4 nitrogen and oxygen atoms in total. The number of carbonyl (C=O) groups excluding carboxylic acids is 1. The maximum atomic E-state index is 10.9. The van der Waals surface area contributed by atoms with Gasteiger partial charge in [-0.15, -0.1) is 0 Å². The number of nitrogens with one attached hydrogen (secondary N) is 1. The van der Waals surface area contributed by atoms with Gasteiger partial charge in [0.05, 0.1) is 5.69 Å². The lowest BCUT2D eigenvalue weighted by Gasteiger charge is -2.09. The van der Waals surface area contributed by atoms with E-state index in [0.29, 0.717) is 11.4 Å². The summed E-state index contributed by atoms with van der Waals surface area (Å²) in [5, 5.41) is 3.51. The smallest absolute Gasteiger partial charge is 0.308 e. The Hall–Kier alpha value is -2.14. The van der Waals surface area contributed by atoms with Crippen LogP contribution in [-0.2, 0) is 4.79 Å². The number of rotatable bonds is 4. The third-order valence-electron chi connectivity index (χ3n) is 2.93. The van der Waals surface area contributed by atoms with Crippen LogP contribution in [0, 0.1) is 19.4 Å². The van der Waals surface area contributed by atoms with Crippen LogP contribution in [0.2, 0.25) is 0 Å². The molecule has 2 rings (SSSR count). The van der Waals surface area contributed by atoms with Gasteiger partial charge in [0.15, 0.2) is 0 Å². The highest BCUT2D eigenvalue weighted by atomic mass is 32.2. The molecule has 0 radical (unpaired) electrons. The molecular weight excluding hydrogens is 284 g/mol. The van der Waals surface area contributed by atoms with Crippen molar-refractivity contribution in [2.45, 2.75) is 30.6 Å². The van der Waals surface area contributed by atoms with Crippen LogP contribution >= 0.6 is 11.8 Å². The van der Waals surface area contributed by atoms with Crippen LogP contribution in [0.5, 0.6) is 5.75 Å². The van der Waals surface area contributed by atoms with Crippen LogP contribution in [-0.4, -0.2) is 5.97 Å². The van der Waals surface area contributed by atoms with Crippen LogP contribution in [0.3, 0.4) is 0 Å². The van der Waals surface area contributed by atoms with Crippen LogP contribution in [0.4, 0.5) is 5.69 Å². The van der Waals surface area contributed by atoms with E-state index in [-0.39, 0.29) is 5.97 Å². The van der Waals surface area contributed by atoms with Gasteiger partial charge in [0.2, 0.25) is 0 Å². The van der Waals surface area contributed by atoms with Gasteiger partial charge in [-0.05, 0) is 61.4 Å². The van der Waals surface area contributed by atoms with Crippen molar-refractivity contribution >= 4 is 23.4 Å². The number of benzene rings is 2. The normalized spacial score (nSPS) is 10.2. The van der Waals surface area contributed by atoms with Crippen molar-refractivity contribution in [3.8, 4) is 5.75 Å². The van der Waals surface area contributed by atoms with Crippen LogP contribution in [0.25, 0.3) is 0 Å². The number of nitrogens with zero attached hydrogens (tertiary/aromatic N) is 1. The predicted octanol–water partition coefficient (Wildman–Crippen LogP) is 5.04. The zero-order valence-electron chi connectivity index (χ0n) is 12.1. The van der Waals surface area contributed by atoms with E-state index in [9.17, 15) is 4.79 Å². The summed E-state index contributed by atoms with van der Waals surface area (Å²) < 4.78 is 5.01. The minimum absolute atomic E-state index is 0.323. The van der Waals surface area contributed by atoms with E-state index in [4.69, 9.17) is 10.3 Å². The van der Waals surface area contributed by atoms with Crippen LogP contribution < -0.4 is 4.74 Å². The van der Waals surface area contributed by atoms with Crippen molar-refractivity contribution in [3.05, 3.63) is 47.5 Å². The molecule has 21 heavy (non-hydrogen) atoms. The van der Waals surface area contributed by atoms with Gasteiger partial charge in [-0.3, -0.25) is 4.79 Å². The highest BCUT2D eigenvalue weighted by Crippen LogP contribution is 2.34. The fourth-order valence-electron chi connectivity index (χ4n) is 1.87. The first-order valence-corrected chi connectivity index (χ1v) is 7.26. The standard InChI is InChI=1S/C16H16N2O2S/c1-10-9-16(11(2)8-15(10)18-17)21-14-6-4-13(5-7-14)20-12(3)19/h4-9,17H,1-3H3. The van der Waals surface area contributed by atoms with Crippen LogP contribution in [0.15, 0.2) is 51.3 Å². The predicted molar refractivity (Wildman–Crippen MR) is 82.6 cm³/mol. The lowest BCUT2D eigenvalue weighted by molar-refractivity contribution is -0.131. The topological polar surface area (TPSA) is 62.5 Å². The molecule has 0 aliphatic heterocycles. The lowest BCUT2D eigenvalue weighted by Crippen LogP contribution is -2.00. The summed E-state index contributed by atoms with van der Waals surface area (Å²) in [6.45, 7) is 5.33. The SMILES string of the molecule is CC(=O)Oc1ccc(Sc2cc(C)c(N=N)cc2C)cc1. The van der Waals surface area contributed by atoms with Gasteiger partial charge in [-0.1, -0.05) is 11.8 Å². The lowest BCUT2D eigenvalue weighted by atomic mass is 10.1. The van der Waals surface area contributed by atoms with E-state index < -0.39 is 0 Å². The molecule has 0 aliphatic rings. The molecule has 0 saturated carbocycles. The highest BCUT2D eigenvalue weighted by molar-refractivity contribution is 7.99. The molecule has 0 heterocycles. The number of esters is 1. The molecular formula is C16H16N2O2S. The first-order valence-electron chi connectivity index (χ1n) is 6.44. The van der Waals surface area contributed by atoms with Gasteiger partial charge in [-0.25, -0.2) is 5.53 Å². The monoisotopic (exact) mass is 300 g/mol. The minimum atomic E-state index is -0.323. The molecule has 108 valence electrons. The summed E-state index contributed by atoms with van der Waals surface area (Å²) in [6.07, 6.45) is 0. The summed E-state index contributed by atoms with van der Waals surface area (Å²) in [7, 11) is 0. The minimum Gasteiger partial charge on any atom is -0.427 e. The molecule has 0 unspecified atom stereocenters. The molecule has 2 aromatic rings. The molecule has 0 amide bonds. The molecule has 1 N–H and O–H groups in total. The molecule has 0 saturated heterocycles. The van der Waals surface area contributed by atoms with Crippen molar-refractivity contribution in [1.29, 1.82) is 5.53 Å². The number of aryl methyl sites for hydroxylation is 2. The zero-order chi connectivity index (χ0) is 15.4. The third-order valence-corrected chi connectivity index (χ3v) is 4.09. The van der Waals surface area contributed by atoms with E-state index in [2.05, 4.69) is 5.11 Å². The third kappa shape index (κ3) is 3.92. The molecule has 0 bridgehead atoms. The molecule has 5 heteroatoms. The van der Waals surface area contributed by atoms with Gasteiger partial charge in [-0.2, -0.15) is 5.11 Å². The second kappa shape index (κ2) is 6.54. The van der Waals surface area contributed by atoms with Crippen LogP contribution in [0.1, 0.15) is 18.1 Å². The van der Waals surface area contributed by atoms with Crippen molar-refractivity contribution in [2.75, 3.05) is 0 Å². The van der Waals surface area contributed by atoms with Gasteiger partial charge < -0.3 is 4.74 Å². The zero-order valence-corrected chi connectivity index (χ0v) is 13.0. The maximum absolute atomic E-state index is 10.9. The summed E-state index contributed by atoms with van der Waals surface area (Å²) in [5.74, 6) is 0.222. The Labute approximate surface area is 128 Å². The molecule has 0 spiro atoms. The summed E-state index contributed by atoms with van der Waals surface area (Å²) in [6, 6.07) is 11.3. The van der Waals surface area contributed by atoms with Gasteiger partial charge in [0.25, 0.3) is 0 Å². The first kappa shape index (κ1) is 15.3. The quantitative estimate of drug-likeness (QED) is 0.488. The number of hydrogen-bond acceptors (Lipinski definition) is 5. The summed E-state index contributed by atoms with van der Waals surface area (Å²) in [5.41, 5.74) is 9.89. The van der Waals surface area contributed by atoms with Crippen molar-refractivity contribution in [1.82, 2.24) is 0 Å². The average molecular weight is 300 g/mol. The number of hydrogen-bond donors (Lipinski definition) is 1. The number of ether oxygens (including phenoxy) is 1. The summed E-state index contributed by atoms with van der Waals surface area (Å²) >= 11 is 1.63. The second-order valence-corrected chi connectivity index (χ2v) is 5.80. The maximum Gasteiger partial charge on any atom is 0.308 e.